The van der Waals surface area contributed by atoms with Gasteiger partial charge in [-0.1, -0.05) is 30.2 Å². The highest BCUT2D eigenvalue weighted by atomic mass is 16.3. The van der Waals surface area contributed by atoms with Gasteiger partial charge in [-0.2, -0.15) is 0 Å². The van der Waals surface area contributed by atoms with Gasteiger partial charge in [0.2, 0.25) is 0 Å². The molecule has 0 unspecified atom stereocenters. The fourth-order valence-corrected chi connectivity index (χ4v) is 3.72. The molecule has 1 heterocycles. The first-order valence-corrected chi connectivity index (χ1v) is 7.16. The predicted octanol–water partition coefficient (Wildman–Crippen LogP) is 2.87. The molecule has 1 saturated carbocycles. The summed E-state index contributed by atoms with van der Waals surface area (Å²) in [6.45, 7) is 4.18. The van der Waals surface area contributed by atoms with E-state index < -0.39 is 0 Å². The van der Waals surface area contributed by atoms with Crippen LogP contribution < -0.4 is 5.32 Å². The average molecular weight is 245 g/mol. The number of hydrogen-bond acceptors (Lipinski definition) is 2. The van der Waals surface area contributed by atoms with Gasteiger partial charge < -0.3 is 10.4 Å². The molecule has 2 fully saturated rings. The largest absolute Gasteiger partial charge is 0.387 e. The second-order valence-corrected chi connectivity index (χ2v) is 6.11. The molecule has 2 nitrogen and oxygen atoms in total. The van der Waals surface area contributed by atoms with Crippen LogP contribution in [0.2, 0.25) is 0 Å². The molecule has 0 radical (unpaired) electrons. The smallest absolute Gasteiger partial charge is 0.0945 e. The van der Waals surface area contributed by atoms with Crippen LogP contribution in [-0.4, -0.2) is 17.2 Å². The van der Waals surface area contributed by atoms with Gasteiger partial charge in [0.1, 0.15) is 0 Å². The van der Waals surface area contributed by atoms with Gasteiger partial charge in [-0.15, -0.1) is 0 Å². The van der Waals surface area contributed by atoms with Crippen LogP contribution in [0.1, 0.15) is 48.5 Å². The molecule has 0 aromatic heterocycles. The lowest BCUT2D eigenvalue weighted by atomic mass is 9.93. The van der Waals surface area contributed by atoms with Gasteiger partial charge in [0, 0.05) is 12.1 Å². The van der Waals surface area contributed by atoms with Crippen molar-refractivity contribution in [3.8, 4) is 0 Å². The second kappa shape index (κ2) is 4.67. The Morgan fingerprint density at radius 3 is 2.89 bits per heavy atom. The lowest BCUT2D eigenvalue weighted by Crippen LogP contribution is -2.34. The summed E-state index contributed by atoms with van der Waals surface area (Å²) < 4.78 is 0. The molecule has 0 spiro atoms. The highest BCUT2D eigenvalue weighted by Crippen LogP contribution is 2.38. The molecule has 4 atom stereocenters. The Labute approximate surface area is 109 Å². The van der Waals surface area contributed by atoms with Crippen LogP contribution in [0.5, 0.6) is 0 Å². The molecule has 0 amide bonds. The molecule has 3 rings (SSSR count). The van der Waals surface area contributed by atoms with Crippen LogP contribution in [-0.2, 0) is 0 Å². The Morgan fingerprint density at radius 2 is 2.11 bits per heavy atom. The lowest BCUT2D eigenvalue weighted by molar-refractivity contribution is 0.132. The van der Waals surface area contributed by atoms with E-state index in [0.29, 0.717) is 6.04 Å². The Balaban J connectivity index is 1.78. The summed E-state index contributed by atoms with van der Waals surface area (Å²) in [5.41, 5.74) is 3.53. The minimum absolute atomic E-state index is 0.251. The summed E-state index contributed by atoms with van der Waals surface area (Å²) in [7, 11) is 0. The van der Waals surface area contributed by atoms with Gasteiger partial charge in [0.25, 0.3) is 0 Å². The molecular formula is C16H23NO. The lowest BCUT2D eigenvalue weighted by Gasteiger charge is -2.22. The fraction of sp³-hybridized carbons (Fsp3) is 0.625. The van der Waals surface area contributed by atoms with E-state index in [0.717, 1.165) is 17.9 Å². The summed E-state index contributed by atoms with van der Waals surface area (Å²) in [5, 5.41) is 14.3. The van der Waals surface area contributed by atoms with E-state index in [1.165, 1.54) is 30.4 Å². The summed E-state index contributed by atoms with van der Waals surface area (Å²) in [6, 6.07) is 7.28. The van der Waals surface area contributed by atoms with Crippen LogP contribution in [0.15, 0.2) is 18.2 Å². The van der Waals surface area contributed by atoms with Gasteiger partial charge in [-0.3, -0.25) is 0 Å². The van der Waals surface area contributed by atoms with Crippen LogP contribution in [0.25, 0.3) is 0 Å². The molecule has 2 N–H and O–H groups in total. The number of nitrogens with one attached hydrogen (secondary N) is 1. The monoisotopic (exact) mass is 245 g/mol. The number of hydrogen-bond donors (Lipinski definition) is 2. The first-order chi connectivity index (χ1) is 8.65. The highest BCUT2D eigenvalue weighted by Gasteiger charge is 2.39. The molecular weight excluding hydrogens is 222 g/mol. The summed E-state index contributed by atoms with van der Waals surface area (Å²) in [4.78, 5) is 0. The molecule has 18 heavy (non-hydrogen) atoms. The van der Waals surface area contributed by atoms with E-state index in [1.54, 1.807) is 0 Å². The predicted molar refractivity (Wildman–Crippen MR) is 73.5 cm³/mol. The molecule has 2 heteroatoms. The third-order valence-electron chi connectivity index (χ3n) is 4.78. The number of aliphatic hydroxyl groups is 1. The summed E-state index contributed by atoms with van der Waals surface area (Å²) in [6.07, 6.45) is 4.78. The molecule has 1 aromatic rings. The van der Waals surface area contributed by atoms with Gasteiger partial charge in [0.15, 0.2) is 0 Å². The van der Waals surface area contributed by atoms with Crippen molar-refractivity contribution in [2.24, 2.45) is 5.92 Å². The standard InChI is InChI=1S/C16H23NO/c1-10-6-7-11(2)13(8-10)16(18)15-9-12-4-3-5-14(12)17-15/h6-8,12,14-18H,3-5,9H2,1-2H3/t12-,14-,15-,16+/m1/s1. The normalized spacial score (nSPS) is 32.5. The van der Waals surface area contributed by atoms with Gasteiger partial charge in [-0.05, 0) is 50.2 Å². The average Bonchev–Trinajstić information content (AvgIpc) is 2.91. The first kappa shape index (κ1) is 12.2. The maximum atomic E-state index is 10.6. The zero-order valence-electron chi connectivity index (χ0n) is 11.3. The second-order valence-electron chi connectivity index (χ2n) is 6.11. The quantitative estimate of drug-likeness (QED) is 0.839. The number of aliphatic hydroxyl groups excluding tert-OH is 1. The van der Waals surface area contributed by atoms with Crippen LogP contribution in [0.4, 0.5) is 0 Å². The van der Waals surface area contributed by atoms with E-state index in [9.17, 15) is 5.11 Å². The van der Waals surface area contributed by atoms with E-state index in [4.69, 9.17) is 0 Å². The van der Waals surface area contributed by atoms with Crippen molar-refractivity contribution in [2.45, 2.75) is 57.7 Å². The van der Waals surface area contributed by atoms with Crippen molar-refractivity contribution in [1.29, 1.82) is 0 Å². The Bertz CT molecular complexity index is 431. The molecule has 1 aromatic carbocycles. The van der Waals surface area contributed by atoms with Gasteiger partial charge >= 0.3 is 0 Å². The van der Waals surface area contributed by atoms with Crippen molar-refractivity contribution in [3.05, 3.63) is 34.9 Å². The molecule has 98 valence electrons. The number of fused-ring (bicyclic) bond motifs is 1. The van der Waals surface area contributed by atoms with Gasteiger partial charge in [0.05, 0.1) is 6.10 Å². The summed E-state index contributed by atoms with van der Waals surface area (Å²) >= 11 is 0. The zero-order chi connectivity index (χ0) is 12.7. The highest BCUT2D eigenvalue weighted by molar-refractivity contribution is 5.33. The minimum Gasteiger partial charge on any atom is -0.387 e. The first-order valence-electron chi connectivity index (χ1n) is 7.16. The maximum absolute atomic E-state index is 10.6. The third-order valence-corrected chi connectivity index (χ3v) is 4.78. The molecule has 1 aliphatic heterocycles. The Morgan fingerprint density at radius 1 is 1.28 bits per heavy atom. The van der Waals surface area contributed by atoms with E-state index in [-0.39, 0.29) is 12.1 Å². The van der Waals surface area contributed by atoms with E-state index in [2.05, 4.69) is 37.4 Å². The Kier molecular flexibility index (Phi) is 3.16. The maximum Gasteiger partial charge on any atom is 0.0945 e. The zero-order valence-corrected chi connectivity index (χ0v) is 11.3. The van der Waals surface area contributed by atoms with Crippen molar-refractivity contribution in [3.63, 3.8) is 0 Å². The minimum atomic E-state index is -0.351. The molecule has 1 saturated heterocycles. The van der Waals surface area contributed by atoms with Crippen molar-refractivity contribution >= 4 is 0 Å². The Hall–Kier alpha value is -0.860. The van der Waals surface area contributed by atoms with Gasteiger partial charge in [-0.25, -0.2) is 0 Å². The van der Waals surface area contributed by atoms with Crippen molar-refractivity contribution < 1.29 is 5.11 Å². The molecule has 2 aliphatic rings. The number of benzene rings is 1. The van der Waals surface area contributed by atoms with Crippen molar-refractivity contribution in [2.75, 3.05) is 0 Å². The van der Waals surface area contributed by atoms with E-state index >= 15 is 0 Å². The van der Waals surface area contributed by atoms with Crippen molar-refractivity contribution in [1.82, 2.24) is 5.32 Å². The fourth-order valence-electron chi connectivity index (χ4n) is 3.72. The van der Waals surface area contributed by atoms with Crippen LogP contribution >= 0.6 is 0 Å². The summed E-state index contributed by atoms with van der Waals surface area (Å²) in [5.74, 6) is 0.801. The third kappa shape index (κ3) is 2.08. The van der Waals surface area contributed by atoms with Crippen LogP contribution in [0, 0.1) is 19.8 Å². The number of rotatable bonds is 2. The SMILES string of the molecule is Cc1ccc(C)c([C@H](O)[C@H]2C[C@H]3CCC[C@H]3N2)c1. The molecule has 0 bridgehead atoms. The molecule has 1 aliphatic carbocycles. The topological polar surface area (TPSA) is 32.3 Å². The van der Waals surface area contributed by atoms with E-state index in [1.807, 2.05) is 0 Å². The van der Waals surface area contributed by atoms with Crippen LogP contribution in [0.3, 0.4) is 0 Å². The number of aryl methyl sites for hydroxylation is 2.